The van der Waals surface area contributed by atoms with E-state index in [2.05, 4.69) is 0 Å². The summed E-state index contributed by atoms with van der Waals surface area (Å²) in [6.45, 7) is 5.51. The summed E-state index contributed by atoms with van der Waals surface area (Å²) in [5.74, 6) is -2.02. The molecule has 3 aromatic carbocycles. The standard InChI is InChI=1S/C29H27NO5/c1-18(2)35-24(31)17-20-12-14-23(15-13-20)30-26(22-11-7-8-19(3)16-22)25(28(33)29(30)34)27(32)21-9-5-4-6-10-21/h4-16,18,26,32H,17H2,1-3H3/b27-25-. The van der Waals surface area contributed by atoms with Gasteiger partial charge in [0.05, 0.1) is 24.1 Å². The molecule has 6 nitrogen and oxygen atoms in total. The molecule has 0 aliphatic carbocycles. The third kappa shape index (κ3) is 5.01. The van der Waals surface area contributed by atoms with Crippen LogP contribution in [0.2, 0.25) is 0 Å². The fourth-order valence-electron chi connectivity index (χ4n) is 4.25. The van der Waals surface area contributed by atoms with Crippen LogP contribution in [0, 0.1) is 6.92 Å². The molecule has 178 valence electrons. The lowest BCUT2D eigenvalue weighted by Gasteiger charge is -2.26. The van der Waals surface area contributed by atoms with E-state index in [9.17, 15) is 19.5 Å². The third-order valence-corrected chi connectivity index (χ3v) is 5.78. The van der Waals surface area contributed by atoms with Crippen molar-refractivity contribution >= 4 is 29.1 Å². The molecule has 1 saturated heterocycles. The normalized spacial score (nSPS) is 17.1. The van der Waals surface area contributed by atoms with Crippen molar-refractivity contribution in [1.82, 2.24) is 0 Å². The third-order valence-electron chi connectivity index (χ3n) is 5.78. The number of carbonyl (C=O) groups is 3. The summed E-state index contributed by atoms with van der Waals surface area (Å²) in [5.41, 5.74) is 3.40. The number of aryl methyl sites for hydroxylation is 1. The lowest BCUT2D eigenvalue weighted by Crippen LogP contribution is -2.29. The summed E-state index contributed by atoms with van der Waals surface area (Å²) in [4.78, 5) is 39.9. The van der Waals surface area contributed by atoms with Crippen LogP contribution in [-0.4, -0.2) is 28.9 Å². The van der Waals surface area contributed by atoms with Crippen molar-refractivity contribution in [3.63, 3.8) is 0 Å². The van der Waals surface area contributed by atoms with Crippen LogP contribution in [0.5, 0.6) is 0 Å². The van der Waals surface area contributed by atoms with Crippen molar-refractivity contribution in [1.29, 1.82) is 0 Å². The first-order valence-electron chi connectivity index (χ1n) is 11.5. The van der Waals surface area contributed by atoms with E-state index >= 15 is 0 Å². The number of hydrogen-bond acceptors (Lipinski definition) is 5. The van der Waals surface area contributed by atoms with Gasteiger partial charge in [-0.05, 0) is 44.0 Å². The minimum atomic E-state index is -0.799. The first-order valence-corrected chi connectivity index (χ1v) is 11.5. The second kappa shape index (κ2) is 9.97. The number of benzene rings is 3. The fourth-order valence-corrected chi connectivity index (χ4v) is 4.25. The van der Waals surface area contributed by atoms with Gasteiger partial charge in [0.15, 0.2) is 0 Å². The van der Waals surface area contributed by atoms with Gasteiger partial charge in [0, 0.05) is 11.3 Å². The monoisotopic (exact) mass is 469 g/mol. The van der Waals surface area contributed by atoms with Gasteiger partial charge in [0.25, 0.3) is 11.7 Å². The highest BCUT2D eigenvalue weighted by Crippen LogP contribution is 2.42. The number of aliphatic hydroxyl groups excluding tert-OH is 1. The number of nitrogens with zero attached hydrogens (tertiary/aromatic N) is 1. The van der Waals surface area contributed by atoms with E-state index in [1.54, 1.807) is 62.4 Å². The Balaban J connectivity index is 1.78. The molecule has 1 aliphatic rings. The Bertz CT molecular complexity index is 1290. The van der Waals surface area contributed by atoms with E-state index in [1.807, 2.05) is 37.3 Å². The number of esters is 1. The quantitative estimate of drug-likeness (QED) is 0.235. The number of anilines is 1. The van der Waals surface area contributed by atoms with Crippen LogP contribution in [0.4, 0.5) is 5.69 Å². The van der Waals surface area contributed by atoms with Crippen molar-refractivity contribution in [3.8, 4) is 0 Å². The van der Waals surface area contributed by atoms with Crippen LogP contribution in [0.25, 0.3) is 5.76 Å². The maximum absolute atomic E-state index is 13.3. The van der Waals surface area contributed by atoms with Gasteiger partial charge in [-0.15, -0.1) is 0 Å². The average molecular weight is 470 g/mol. The van der Waals surface area contributed by atoms with Crippen LogP contribution >= 0.6 is 0 Å². The van der Waals surface area contributed by atoms with Gasteiger partial charge in [-0.2, -0.15) is 0 Å². The molecule has 1 atom stereocenters. The Morgan fingerprint density at radius 3 is 2.29 bits per heavy atom. The SMILES string of the molecule is Cc1cccc(C2/C(=C(/O)c3ccccc3)C(=O)C(=O)N2c2ccc(CC(=O)OC(C)C)cc2)c1. The van der Waals surface area contributed by atoms with Gasteiger partial charge in [-0.25, -0.2) is 0 Å². The molecule has 0 bridgehead atoms. The minimum Gasteiger partial charge on any atom is -0.507 e. The zero-order valence-corrected chi connectivity index (χ0v) is 19.9. The Labute approximate surface area is 204 Å². The number of ketones is 1. The topological polar surface area (TPSA) is 83.9 Å². The zero-order valence-electron chi connectivity index (χ0n) is 19.9. The lowest BCUT2D eigenvalue weighted by molar-refractivity contribution is -0.146. The van der Waals surface area contributed by atoms with Crippen LogP contribution in [0.1, 0.15) is 42.1 Å². The Kier molecular flexibility index (Phi) is 6.82. The van der Waals surface area contributed by atoms with Gasteiger partial charge < -0.3 is 9.84 Å². The largest absolute Gasteiger partial charge is 0.507 e. The minimum absolute atomic E-state index is 0.0383. The lowest BCUT2D eigenvalue weighted by atomic mass is 9.94. The van der Waals surface area contributed by atoms with Crippen LogP contribution in [0.15, 0.2) is 84.4 Å². The molecule has 1 fully saturated rings. The molecular weight excluding hydrogens is 442 g/mol. The summed E-state index contributed by atoms with van der Waals surface area (Å²) in [6.07, 6.45) is -0.0975. The number of aliphatic hydroxyl groups is 1. The van der Waals surface area contributed by atoms with Gasteiger partial charge >= 0.3 is 5.97 Å². The molecule has 1 aliphatic heterocycles. The number of hydrogen-bond donors (Lipinski definition) is 1. The fraction of sp³-hybridized carbons (Fsp3) is 0.207. The van der Waals surface area contributed by atoms with Crippen molar-refractivity contribution in [2.75, 3.05) is 4.90 Å². The van der Waals surface area contributed by atoms with Crippen molar-refractivity contribution in [2.24, 2.45) is 0 Å². The molecule has 3 aromatic rings. The van der Waals surface area contributed by atoms with Crippen molar-refractivity contribution in [2.45, 2.75) is 39.3 Å². The van der Waals surface area contributed by atoms with E-state index in [0.717, 1.165) is 11.1 Å². The highest BCUT2D eigenvalue weighted by atomic mass is 16.5. The number of Topliss-reactive ketones (excluding diaryl/α,β-unsaturated/α-hetero) is 1. The summed E-state index contributed by atoms with van der Waals surface area (Å²) < 4.78 is 5.20. The first-order chi connectivity index (χ1) is 16.8. The summed E-state index contributed by atoms with van der Waals surface area (Å²) >= 11 is 0. The summed E-state index contributed by atoms with van der Waals surface area (Å²) in [7, 11) is 0. The second-order valence-electron chi connectivity index (χ2n) is 8.83. The van der Waals surface area contributed by atoms with E-state index in [1.165, 1.54) is 4.90 Å². The molecule has 4 rings (SSSR count). The molecule has 0 spiro atoms. The van der Waals surface area contributed by atoms with Crippen molar-refractivity contribution < 1.29 is 24.2 Å². The molecule has 1 heterocycles. The van der Waals surface area contributed by atoms with E-state index < -0.39 is 17.7 Å². The molecule has 35 heavy (non-hydrogen) atoms. The molecule has 1 unspecified atom stereocenters. The first kappa shape index (κ1) is 24.0. The smallest absolute Gasteiger partial charge is 0.310 e. The molecule has 6 heteroatoms. The summed E-state index contributed by atoms with van der Waals surface area (Å²) in [5, 5.41) is 11.1. The van der Waals surface area contributed by atoms with Crippen LogP contribution in [0.3, 0.4) is 0 Å². The number of rotatable bonds is 6. The van der Waals surface area contributed by atoms with Crippen LogP contribution in [-0.2, 0) is 25.5 Å². The van der Waals surface area contributed by atoms with Crippen molar-refractivity contribution in [3.05, 3.63) is 107 Å². The number of carbonyl (C=O) groups excluding carboxylic acids is 3. The van der Waals surface area contributed by atoms with E-state index in [4.69, 9.17) is 4.74 Å². The average Bonchev–Trinajstić information content (AvgIpc) is 3.09. The maximum atomic E-state index is 13.3. The van der Waals surface area contributed by atoms with Gasteiger partial charge in [0.2, 0.25) is 0 Å². The Morgan fingerprint density at radius 1 is 0.971 bits per heavy atom. The summed E-state index contributed by atoms with van der Waals surface area (Å²) in [6, 6.07) is 22.3. The second-order valence-corrected chi connectivity index (χ2v) is 8.83. The highest BCUT2D eigenvalue weighted by Gasteiger charge is 2.46. The molecule has 0 aromatic heterocycles. The Hall–Kier alpha value is -4.19. The van der Waals surface area contributed by atoms with Gasteiger partial charge in [-0.3, -0.25) is 19.3 Å². The predicted molar refractivity (Wildman–Crippen MR) is 134 cm³/mol. The van der Waals surface area contributed by atoms with Gasteiger partial charge in [-0.1, -0.05) is 72.3 Å². The number of ether oxygens (including phenoxy) is 1. The molecule has 0 saturated carbocycles. The maximum Gasteiger partial charge on any atom is 0.310 e. The Morgan fingerprint density at radius 2 is 1.66 bits per heavy atom. The zero-order chi connectivity index (χ0) is 25.1. The molecule has 1 amide bonds. The van der Waals surface area contributed by atoms with E-state index in [-0.39, 0.29) is 29.8 Å². The predicted octanol–water partition coefficient (Wildman–Crippen LogP) is 5.12. The highest BCUT2D eigenvalue weighted by molar-refractivity contribution is 6.51. The molecule has 0 radical (unpaired) electrons. The number of amides is 1. The molecule has 1 N–H and O–H groups in total. The molecular formula is C29H27NO5. The van der Waals surface area contributed by atoms with Gasteiger partial charge in [0.1, 0.15) is 5.76 Å². The van der Waals surface area contributed by atoms with E-state index in [0.29, 0.717) is 16.8 Å². The van der Waals surface area contributed by atoms with Crippen LogP contribution < -0.4 is 4.90 Å².